The Kier molecular flexibility index (Phi) is 3.20. The van der Waals surface area contributed by atoms with Crippen molar-refractivity contribution in [2.75, 3.05) is 6.61 Å². The van der Waals surface area contributed by atoms with Crippen molar-refractivity contribution in [2.45, 2.75) is 6.04 Å². The normalized spacial score (nSPS) is 13.0. The maximum absolute atomic E-state index is 12.9. The molecule has 0 aliphatic heterocycles. The van der Waals surface area contributed by atoms with E-state index in [1.54, 1.807) is 12.1 Å². The summed E-state index contributed by atoms with van der Waals surface area (Å²) in [4.78, 5) is 0. The Hall–Kier alpha value is -0.450. The van der Waals surface area contributed by atoms with Crippen LogP contribution in [0.5, 0.6) is 0 Å². The number of aliphatic hydroxyl groups excluding tert-OH is 1. The highest BCUT2D eigenvalue weighted by Crippen LogP contribution is 2.19. The van der Waals surface area contributed by atoms with Crippen LogP contribution in [0.1, 0.15) is 11.6 Å². The van der Waals surface area contributed by atoms with Crippen molar-refractivity contribution < 1.29 is 9.50 Å². The summed E-state index contributed by atoms with van der Waals surface area (Å²) in [6, 6.07) is 4.05. The minimum Gasteiger partial charge on any atom is -0.394 e. The quantitative estimate of drug-likeness (QED) is 0.815. The first-order valence-corrected chi connectivity index (χ1v) is 4.26. The molecule has 12 heavy (non-hydrogen) atoms. The SMILES string of the molecule is NC(CO)c1ccc(Br)c(F)c1. The maximum Gasteiger partial charge on any atom is 0.137 e. The minimum atomic E-state index is -0.507. The van der Waals surface area contributed by atoms with Crippen molar-refractivity contribution in [1.29, 1.82) is 0 Å². The van der Waals surface area contributed by atoms with Gasteiger partial charge in [0.05, 0.1) is 17.1 Å². The average Bonchev–Trinajstić information content (AvgIpc) is 2.08. The standard InChI is InChI=1S/C8H9BrFNO/c9-6-2-1-5(3-7(6)10)8(11)4-12/h1-3,8,12H,4,11H2. The number of hydrogen-bond acceptors (Lipinski definition) is 2. The Morgan fingerprint density at radius 3 is 2.75 bits per heavy atom. The molecular formula is C8H9BrFNO. The highest BCUT2D eigenvalue weighted by atomic mass is 79.9. The minimum absolute atomic E-state index is 0.179. The van der Waals surface area contributed by atoms with Crippen LogP contribution in [0.4, 0.5) is 4.39 Å². The number of benzene rings is 1. The lowest BCUT2D eigenvalue weighted by molar-refractivity contribution is 0.268. The zero-order valence-corrected chi connectivity index (χ0v) is 7.88. The van der Waals surface area contributed by atoms with Crippen LogP contribution in [0, 0.1) is 5.82 Å². The first-order valence-electron chi connectivity index (χ1n) is 3.46. The Morgan fingerprint density at radius 1 is 1.58 bits per heavy atom. The lowest BCUT2D eigenvalue weighted by Crippen LogP contribution is -2.14. The molecule has 2 nitrogen and oxygen atoms in total. The van der Waals surface area contributed by atoms with Crippen molar-refractivity contribution in [3.05, 3.63) is 34.1 Å². The second kappa shape index (κ2) is 3.98. The van der Waals surface area contributed by atoms with Gasteiger partial charge in [-0.3, -0.25) is 0 Å². The van der Waals surface area contributed by atoms with Gasteiger partial charge in [-0.2, -0.15) is 0 Å². The second-order valence-electron chi connectivity index (χ2n) is 2.46. The van der Waals surface area contributed by atoms with Crippen LogP contribution >= 0.6 is 15.9 Å². The van der Waals surface area contributed by atoms with Gasteiger partial charge in [0.25, 0.3) is 0 Å². The molecule has 1 aromatic rings. The van der Waals surface area contributed by atoms with E-state index in [0.29, 0.717) is 10.0 Å². The summed E-state index contributed by atoms with van der Waals surface area (Å²) in [6.45, 7) is -0.179. The van der Waals surface area contributed by atoms with Gasteiger partial charge in [-0.15, -0.1) is 0 Å². The first kappa shape index (κ1) is 9.64. The van der Waals surface area contributed by atoms with E-state index in [0.717, 1.165) is 0 Å². The van der Waals surface area contributed by atoms with Gasteiger partial charge in [0.1, 0.15) is 5.82 Å². The first-order chi connectivity index (χ1) is 5.65. The summed E-state index contributed by atoms with van der Waals surface area (Å²) < 4.78 is 13.3. The van der Waals surface area contributed by atoms with Gasteiger partial charge in [0, 0.05) is 0 Å². The molecule has 0 amide bonds. The van der Waals surface area contributed by atoms with Crippen LogP contribution in [-0.2, 0) is 0 Å². The molecule has 0 aliphatic carbocycles. The average molecular weight is 234 g/mol. The summed E-state index contributed by atoms with van der Waals surface area (Å²) in [5, 5.41) is 8.69. The van der Waals surface area contributed by atoms with Gasteiger partial charge in [0.2, 0.25) is 0 Å². The third kappa shape index (κ3) is 2.03. The molecule has 0 fully saturated rings. The van der Waals surface area contributed by atoms with Crippen molar-refractivity contribution in [3.8, 4) is 0 Å². The van der Waals surface area contributed by atoms with E-state index >= 15 is 0 Å². The Labute approximate surface area is 78.3 Å². The summed E-state index contributed by atoms with van der Waals surface area (Å²) >= 11 is 3.02. The molecule has 0 saturated heterocycles. The van der Waals surface area contributed by atoms with Gasteiger partial charge in [-0.25, -0.2) is 4.39 Å². The molecule has 0 saturated carbocycles. The summed E-state index contributed by atoms with van der Waals surface area (Å²) in [7, 11) is 0. The number of aliphatic hydroxyl groups is 1. The van der Waals surface area contributed by atoms with Crippen molar-refractivity contribution in [2.24, 2.45) is 5.73 Å². The highest BCUT2D eigenvalue weighted by molar-refractivity contribution is 9.10. The Morgan fingerprint density at radius 2 is 2.25 bits per heavy atom. The van der Waals surface area contributed by atoms with Gasteiger partial charge >= 0.3 is 0 Å². The predicted octanol–water partition coefficient (Wildman–Crippen LogP) is 1.58. The van der Waals surface area contributed by atoms with Crippen LogP contribution in [0.15, 0.2) is 22.7 Å². The van der Waals surface area contributed by atoms with E-state index < -0.39 is 6.04 Å². The molecule has 0 radical (unpaired) electrons. The highest BCUT2D eigenvalue weighted by Gasteiger charge is 2.06. The molecule has 0 bridgehead atoms. The molecule has 0 spiro atoms. The van der Waals surface area contributed by atoms with Crippen molar-refractivity contribution in [1.82, 2.24) is 0 Å². The number of nitrogens with two attached hydrogens (primary N) is 1. The van der Waals surface area contributed by atoms with Crippen LogP contribution < -0.4 is 5.73 Å². The van der Waals surface area contributed by atoms with E-state index in [2.05, 4.69) is 15.9 Å². The van der Waals surface area contributed by atoms with Gasteiger partial charge in [0.15, 0.2) is 0 Å². The Balaban J connectivity index is 2.96. The largest absolute Gasteiger partial charge is 0.394 e. The third-order valence-corrected chi connectivity index (χ3v) is 2.21. The lowest BCUT2D eigenvalue weighted by atomic mass is 10.1. The molecular weight excluding hydrogens is 225 g/mol. The van der Waals surface area contributed by atoms with Gasteiger partial charge < -0.3 is 10.8 Å². The summed E-state index contributed by atoms with van der Waals surface area (Å²) in [5.74, 6) is -0.364. The smallest absolute Gasteiger partial charge is 0.137 e. The van der Waals surface area contributed by atoms with Crippen molar-refractivity contribution >= 4 is 15.9 Å². The zero-order valence-electron chi connectivity index (χ0n) is 6.30. The topological polar surface area (TPSA) is 46.2 Å². The molecule has 0 aliphatic rings. The molecule has 1 unspecified atom stereocenters. The van der Waals surface area contributed by atoms with E-state index in [1.807, 2.05) is 0 Å². The second-order valence-corrected chi connectivity index (χ2v) is 3.32. The van der Waals surface area contributed by atoms with Crippen LogP contribution in [0.25, 0.3) is 0 Å². The number of hydrogen-bond donors (Lipinski definition) is 2. The zero-order chi connectivity index (χ0) is 9.14. The lowest BCUT2D eigenvalue weighted by Gasteiger charge is -2.08. The maximum atomic E-state index is 12.9. The molecule has 1 aromatic carbocycles. The fourth-order valence-electron chi connectivity index (χ4n) is 0.848. The van der Waals surface area contributed by atoms with Gasteiger partial charge in [-0.05, 0) is 33.6 Å². The van der Waals surface area contributed by atoms with Crippen LogP contribution in [0.3, 0.4) is 0 Å². The third-order valence-electron chi connectivity index (χ3n) is 1.57. The van der Waals surface area contributed by atoms with E-state index in [4.69, 9.17) is 10.8 Å². The summed E-state index contributed by atoms with van der Waals surface area (Å²) in [6.07, 6.45) is 0. The molecule has 66 valence electrons. The monoisotopic (exact) mass is 233 g/mol. The van der Waals surface area contributed by atoms with Crippen LogP contribution in [-0.4, -0.2) is 11.7 Å². The molecule has 3 N–H and O–H groups in total. The fraction of sp³-hybridized carbons (Fsp3) is 0.250. The molecule has 0 aromatic heterocycles. The molecule has 4 heteroatoms. The van der Waals surface area contributed by atoms with E-state index in [1.165, 1.54) is 6.07 Å². The van der Waals surface area contributed by atoms with Crippen molar-refractivity contribution in [3.63, 3.8) is 0 Å². The summed E-state index contributed by atoms with van der Waals surface area (Å²) in [5.41, 5.74) is 6.08. The molecule has 1 rings (SSSR count). The van der Waals surface area contributed by atoms with Gasteiger partial charge in [-0.1, -0.05) is 6.07 Å². The predicted molar refractivity (Wildman–Crippen MR) is 48.1 cm³/mol. The number of rotatable bonds is 2. The van der Waals surface area contributed by atoms with E-state index in [9.17, 15) is 4.39 Å². The Bertz CT molecular complexity index is 280. The van der Waals surface area contributed by atoms with Crippen LogP contribution in [0.2, 0.25) is 0 Å². The molecule has 1 atom stereocenters. The van der Waals surface area contributed by atoms with E-state index in [-0.39, 0.29) is 12.4 Å². The number of halogens is 2. The fourth-order valence-corrected chi connectivity index (χ4v) is 1.10. The molecule has 0 heterocycles.